The molecule has 0 aliphatic rings. The van der Waals surface area contributed by atoms with E-state index in [1.807, 2.05) is 0 Å². The van der Waals surface area contributed by atoms with Crippen LogP contribution in [-0.4, -0.2) is 21.2 Å². The van der Waals surface area contributed by atoms with Gasteiger partial charge < -0.3 is 10.2 Å². The Labute approximate surface area is 102 Å². The zero-order valence-electron chi connectivity index (χ0n) is 8.25. The lowest BCUT2D eigenvalue weighted by atomic mass is 10.1. The van der Waals surface area contributed by atoms with E-state index in [1.54, 1.807) is 24.4 Å². The number of fused-ring (bicyclic) bond motifs is 1. The summed E-state index contributed by atoms with van der Waals surface area (Å²) in [6.45, 7) is 0. The highest BCUT2D eigenvalue weighted by Gasteiger charge is 2.06. The number of carboxylic acid groups (broad SMARTS) is 1. The molecule has 5 heteroatoms. The minimum Gasteiger partial charge on any atom is -0.508 e. The molecule has 0 bridgehead atoms. The van der Waals surface area contributed by atoms with Crippen molar-refractivity contribution in [2.24, 2.45) is 0 Å². The molecule has 0 fully saturated rings. The van der Waals surface area contributed by atoms with Crippen molar-refractivity contribution in [1.82, 2.24) is 4.98 Å². The number of benzene rings is 1. The van der Waals surface area contributed by atoms with Crippen molar-refractivity contribution < 1.29 is 15.0 Å². The predicted octanol–water partition coefficient (Wildman–Crippen LogP) is 2.15. The summed E-state index contributed by atoms with van der Waals surface area (Å²) in [5.41, 5.74) is 0.607. The molecule has 2 rings (SSSR count). The van der Waals surface area contributed by atoms with Crippen molar-refractivity contribution in [3.63, 3.8) is 0 Å². The van der Waals surface area contributed by atoms with Gasteiger partial charge in [-0.15, -0.1) is 17.0 Å². The van der Waals surface area contributed by atoms with E-state index in [0.717, 1.165) is 10.8 Å². The fourth-order valence-corrected chi connectivity index (χ4v) is 1.52. The third kappa shape index (κ3) is 2.49. The highest BCUT2D eigenvalue weighted by Crippen LogP contribution is 2.22. The van der Waals surface area contributed by atoms with Crippen LogP contribution in [0.1, 0.15) is 5.56 Å². The number of phenols is 1. The van der Waals surface area contributed by atoms with Crippen molar-refractivity contribution in [3.8, 4) is 5.75 Å². The van der Waals surface area contributed by atoms with Crippen molar-refractivity contribution in [3.05, 3.63) is 36.2 Å². The molecule has 1 aromatic heterocycles. The summed E-state index contributed by atoms with van der Waals surface area (Å²) < 4.78 is 0. The van der Waals surface area contributed by atoms with E-state index in [0.29, 0.717) is 5.56 Å². The number of rotatable bonds is 2. The van der Waals surface area contributed by atoms with E-state index >= 15 is 0 Å². The van der Waals surface area contributed by atoms with Crippen LogP contribution < -0.4 is 0 Å². The second kappa shape index (κ2) is 4.94. The van der Waals surface area contributed by atoms with Crippen molar-refractivity contribution >= 4 is 33.7 Å². The van der Waals surface area contributed by atoms with Gasteiger partial charge in [0.15, 0.2) is 0 Å². The fourth-order valence-electron chi connectivity index (χ4n) is 1.52. The van der Waals surface area contributed by atoms with Crippen LogP contribution in [0, 0.1) is 0 Å². The maximum Gasteiger partial charge on any atom is 0.307 e. The summed E-state index contributed by atoms with van der Waals surface area (Å²) in [6.07, 6.45) is 3.06. The van der Waals surface area contributed by atoms with Crippen LogP contribution in [-0.2, 0) is 11.2 Å². The molecule has 0 amide bonds. The van der Waals surface area contributed by atoms with Crippen molar-refractivity contribution in [2.75, 3.05) is 0 Å². The number of phenolic OH excluding ortho intramolecular Hbond substituents is 1. The zero-order valence-corrected chi connectivity index (χ0v) is 9.97. The first-order chi connectivity index (χ1) is 7.16. The van der Waals surface area contributed by atoms with E-state index in [1.165, 1.54) is 6.20 Å². The summed E-state index contributed by atoms with van der Waals surface area (Å²) in [5.74, 6) is -0.784. The van der Waals surface area contributed by atoms with Crippen LogP contribution in [0.4, 0.5) is 0 Å². The number of hydrogen-bond acceptors (Lipinski definition) is 3. The van der Waals surface area contributed by atoms with Gasteiger partial charge in [-0.05, 0) is 29.1 Å². The van der Waals surface area contributed by atoms with Gasteiger partial charge in [0, 0.05) is 17.8 Å². The lowest BCUT2D eigenvalue weighted by Gasteiger charge is -2.03. The molecule has 2 N–H and O–H groups in total. The standard InChI is InChI=1S/C11H9NO3.BrH/c13-9-2-1-7-5-12-6-8(3-11(14)15)10(7)4-9;/h1-2,4-6,13H,3H2,(H,14,15);1H. The van der Waals surface area contributed by atoms with Crippen LogP contribution in [0.15, 0.2) is 30.6 Å². The van der Waals surface area contributed by atoms with Crippen LogP contribution in [0.3, 0.4) is 0 Å². The number of hydrogen-bond donors (Lipinski definition) is 2. The average Bonchev–Trinajstić information content (AvgIpc) is 2.18. The number of aromatic nitrogens is 1. The SMILES string of the molecule is Br.O=C(O)Cc1cncc2ccc(O)cc12. The molecule has 1 heterocycles. The topological polar surface area (TPSA) is 70.4 Å². The Hall–Kier alpha value is -1.62. The molecule has 1 aromatic carbocycles. The van der Waals surface area contributed by atoms with Crippen LogP contribution in [0.5, 0.6) is 5.75 Å². The van der Waals surface area contributed by atoms with E-state index in [2.05, 4.69) is 4.98 Å². The zero-order chi connectivity index (χ0) is 10.8. The van der Waals surface area contributed by atoms with Gasteiger partial charge in [0.2, 0.25) is 0 Å². The van der Waals surface area contributed by atoms with Gasteiger partial charge in [-0.2, -0.15) is 0 Å². The number of carbonyl (C=O) groups is 1. The maximum absolute atomic E-state index is 10.6. The van der Waals surface area contributed by atoms with E-state index in [4.69, 9.17) is 5.11 Å². The Kier molecular flexibility index (Phi) is 3.84. The molecule has 84 valence electrons. The van der Waals surface area contributed by atoms with Crippen LogP contribution in [0.2, 0.25) is 0 Å². The summed E-state index contributed by atoms with van der Waals surface area (Å²) in [6, 6.07) is 4.81. The monoisotopic (exact) mass is 283 g/mol. The maximum atomic E-state index is 10.6. The largest absolute Gasteiger partial charge is 0.508 e. The number of carboxylic acids is 1. The van der Waals surface area contributed by atoms with Gasteiger partial charge in [-0.25, -0.2) is 0 Å². The Morgan fingerprint density at radius 3 is 2.75 bits per heavy atom. The molecule has 0 radical (unpaired) electrons. The van der Waals surface area contributed by atoms with Crippen molar-refractivity contribution in [1.29, 1.82) is 0 Å². The highest BCUT2D eigenvalue weighted by atomic mass is 79.9. The van der Waals surface area contributed by atoms with Crippen LogP contribution >= 0.6 is 17.0 Å². The number of aliphatic carboxylic acids is 1. The van der Waals surface area contributed by atoms with E-state index in [9.17, 15) is 9.90 Å². The third-order valence-corrected chi connectivity index (χ3v) is 2.17. The quantitative estimate of drug-likeness (QED) is 0.886. The summed E-state index contributed by atoms with van der Waals surface area (Å²) in [7, 11) is 0. The lowest BCUT2D eigenvalue weighted by Crippen LogP contribution is -2.01. The summed E-state index contributed by atoms with van der Waals surface area (Å²) in [4.78, 5) is 14.6. The lowest BCUT2D eigenvalue weighted by molar-refractivity contribution is -0.136. The summed E-state index contributed by atoms with van der Waals surface area (Å²) >= 11 is 0. The average molecular weight is 284 g/mol. The Morgan fingerprint density at radius 2 is 2.06 bits per heavy atom. The van der Waals surface area contributed by atoms with Gasteiger partial charge in [0.25, 0.3) is 0 Å². The smallest absolute Gasteiger partial charge is 0.307 e. The first-order valence-electron chi connectivity index (χ1n) is 4.44. The number of nitrogens with zero attached hydrogens (tertiary/aromatic N) is 1. The van der Waals surface area contributed by atoms with Gasteiger partial charge in [-0.1, -0.05) is 0 Å². The molecule has 0 aliphatic heterocycles. The molecule has 4 nitrogen and oxygen atoms in total. The minimum atomic E-state index is -0.910. The Bertz CT molecular complexity index is 528. The first-order valence-corrected chi connectivity index (χ1v) is 4.44. The molecule has 0 atom stereocenters. The molecule has 0 saturated heterocycles. The van der Waals surface area contributed by atoms with Gasteiger partial charge >= 0.3 is 5.97 Å². The number of aromatic hydroxyl groups is 1. The number of pyridine rings is 1. The molecular formula is C11H10BrNO3. The van der Waals surface area contributed by atoms with Gasteiger partial charge in [0.05, 0.1) is 6.42 Å². The summed E-state index contributed by atoms with van der Waals surface area (Å²) in [5, 5.41) is 19.6. The Balaban J connectivity index is 0.00000128. The van der Waals surface area contributed by atoms with Crippen LogP contribution in [0.25, 0.3) is 10.8 Å². The van der Waals surface area contributed by atoms with Crippen molar-refractivity contribution in [2.45, 2.75) is 6.42 Å². The van der Waals surface area contributed by atoms with E-state index in [-0.39, 0.29) is 29.2 Å². The second-order valence-corrected chi connectivity index (χ2v) is 3.27. The molecular weight excluding hydrogens is 274 g/mol. The fraction of sp³-hybridized carbons (Fsp3) is 0.0909. The molecule has 16 heavy (non-hydrogen) atoms. The third-order valence-electron chi connectivity index (χ3n) is 2.17. The van der Waals surface area contributed by atoms with Gasteiger partial charge in [0.1, 0.15) is 5.75 Å². The molecule has 0 saturated carbocycles. The molecule has 0 aliphatic carbocycles. The highest BCUT2D eigenvalue weighted by molar-refractivity contribution is 8.93. The number of halogens is 1. The molecule has 0 unspecified atom stereocenters. The van der Waals surface area contributed by atoms with E-state index < -0.39 is 5.97 Å². The Morgan fingerprint density at radius 1 is 1.31 bits per heavy atom. The second-order valence-electron chi connectivity index (χ2n) is 3.27. The molecule has 2 aromatic rings. The first kappa shape index (κ1) is 12.4. The normalized spacial score (nSPS) is 9.75. The molecule has 0 spiro atoms. The minimum absolute atomic E-state index is 0. The van der Waals surface area contributed by atoms with Gasteiger partial charge in [-0.3, -0.25) is 9.78 Å². The predicted molar refractivity (Wildman–Crippen MR) is 65.1 cm³/mol.